The smallest absolute Gasteiger partial charge is 0.178 e. The van der Waals surface area contributed by atoms with Crippen molar-refractivity contribution in [3.05, 3.63) is 28.0 Å². The molecule has 102 valence electrons. The molecule has 0 bridgehead atoms. The number of aromatic amines is 1. The maximum atomic E-state index is 6.11. The van der Waals surface area contributed by atoms with E-state index >= 15 is 0 Å². The van der Waals surface area contributed by atoms with Crippen LogP contribution in [0.5, 0.6) is 0 Å². The van der Waals surface area contributed by atoms with Gasteiger partial charge >= 0.3 is 0 Å². The Morgan fingerprint density at radius 3 is 2.95 bits per heavy atom. The summed E-state index contributed by atoms with van der Waals surface area (Å²) in [5.41, 5.74) is 2.22. The lowest BCUT2D eigenvalue weighted by molar-refractivity contribution is 0.230. The number of benzene rings is 1. The zero-order valence-corrected chi connectivity index (χ0v) is 12.7. The van der Waals surface area contributed by atoms with E-state index in [0.717, 1.165) is 39.2 Å². The average Bonchev–Trinajstić information content (AvgIpc) is 2.69. The molecule has 3 rings (SSSR count). The summed E-state index contributed by atoms with van der Waals surface area (Å²) in [6.07, 6.45) is 5.39. The van der Waals surface area contributed by atoms with Crippen molar-refractivity contribution in [2.45, 2.75) is 39.2 Å². The van der Waals surface area contributed by atoms with Crippen molar-refractivity contribution in [2.75, 3.05) is 0 Å². The van der Waals surface area contributed by atoms with Gasteiger partial charge in [0.2, 0.25) is 0 Å². The van der Waals surface area contributed by atoms with Crippen molar-refractivity contribution in [3.8, 4) is 0 Å². The average molecular weight is 295 g/mol. The minimum absolute atomic E-state index is 0.735. The first kappa shape index (κ1) is 13.2. The zero-order chi connectivity index (χ0) is 13.4. The molecule has 1 aliphatic carbocycles. The van der Waals surface area contributed by atoms with E-state index in [1.165, 1.54) is 25.7 Å². The predicted octanol–water partition coefficient (Wildman–Crippen LogP) is 5.18. The van der Waals surface area contributed by atoms with Crippen molar-refractivity contribution >= 4 is 34.9 Å². The topological polar surface area (TPSA) is 20.7 Å². The summed E-state index contributed by atoms with van der Waals surface area (Å²) in [7, 11) is 0. The molecular formula is C15H19ClN2S. The standard InChI is InChI=1S/C15H19ClN2S/c1-10-4-2-3-5-11(10)9-18-14-8-12(16)6-7-13(14)17-15(18)19/h6-8,10-11H,2-5,9H2,1H3,(H,17,19). The fourth-order valence-corrected chi connectivity index (χ4v) is 3.66. The monoisotopic (exact) mass is 294 g/mol. The summed E-state index contributed by atoms with van der Waals surface area (Å²) >= 11 is 11.6. The van der Waals surface area contributed by atoms with Crippen molar-refractivity contribution in [2.24, 2.45) is 11.8 Å². The summed E-state index contributed by atoms with van der Waals surface area (Å²) in [6, 6.07) is 5.92. The molecule has 0 spiro atoms. The highest BCUT2D eigenvalue weighted by Crippen LogP contribution is 2.32. The highest BCUT2D eigenvalue weighted by atomic mass is 35.5. The van der Waals surface area contributed by atoms with Crippen molar-refractivity contribution in [1.82, 2.24) is 9.55 Å². The molecule has 1 heterocycles. The minimum atomic E-state index is 0.735. The highest BCUT2D eigenvalue weighted by molar-refractivity contribution is 7.71. The number of rotatable bonds is 2. The van der Waals surface area contributed by atoms with E-state index in [1.807, 2.05) is 18.2 Å². The highest BCUT2D eigenvalue weighted by Gasteiger charge is 2.22. The summed E-state index contributed by atoms with van der Waals surface area (Å²) in [4.78, 5) is 3.28. The molecule has 2 atom stereocenters. The molecule has 0 saturated heterocycles. The van der Waals surface area contributed by atoms with Gasteiger partial charge in [0.15, 0.2) is 4.77 Å². The fraction of sp³-hybridized carbons (Fsp3) is 0.533. The number of hydrogen-bond donors (Lipinski definition) is 1. The number of nitrogens with one attached hydrogen (secondary N) is 1. The molecule has 1 fully saturated rings. The minimum Gasteiger partial charge on any atom is -0.331 e. The predicted molar refractivity (Wildman–Crippen MR) is 83.3 cm³/mol. The van der Waals surface area contributed by atoms with Crippen LogP contribution in [0.4, 0.5) is 0 Å². The Morgan fingerprint density at radius 1 is 1.37 bits per heavy atom. The molecule has 1 saturated carbocycles. The summed E-state index contributed by atoms with van der Waals surface area (Å²) < 4.78 is 3.04. The second-order valence-electron chi connectivity index (χ2n) is 5.72. The van der Waals surface area contributed by atoms with Crippen LogP contribution in [0, 0.1) is 16.6 Å². The van der Waals surface area contributed by atoms with Gasteiger partial charge in [-0.05, 0) is 48.7 Å². The van der Waals surface area contributed by atoms with Crippen LogP contribution < -0.4 is 0 Å². The van der Waals surface area contributed by atoms with Gasteiger partial charge in [0.25, 0.3) is 0 Å². The lowest BCUT2D eigenvalue weighted by atomic mass is 9.80. The number of imidazole rings is 1. The lowest BCUT2D eigenvalue weighted by Gasteiger charge is -2.29. The molecule has 1 aromatic carbocycles. The van der Waals surface area contributed by atoms with E-state index in [0.29, 0.717) is 0 Å². The largest absolute Gasteiger partial charge is 0.331 e. The molecule has 0 radical (unpaired) electrons. The third-order valence-corrected chi connectivity index (χ3v) is 5.00. The van der Waals surface area contributed by atoms with Crippen LogP contribution in [0.25, 0.3) is 11.0 Å². The quantitative estimate of drug-likeness (QED) is 0.757. The van der Waals surface area contributed by atoms with Gasteiger partial charge in [0, 0.05) is 11.6 Å². The maximum Gasteiger partial charge on any atom is 0.178 e. The van der Waals surface area contributed by atoms with Gasteiger partial charge in [0.1, 0.15) is 0 Å². The molecule has 19 heavy (non-hydrogen) atoms. The van der Waals surface area contributed by atoms with E-state index in [-0.39, 0.29) is 0 Å². The Bertz CT molecular complexity index is 643. The molecular weight excluding hydrogens is 276 g/mol. The molecule has 2 aromatic rings. The van der Waals surface area contributed by atoms with Crippen LogP contribution in [-0.2, 0) is 6.54 Å². The van der Waals surface area contributed by atoms with Gasteiger partial charge in [-0.1, -0.05) is 37.8 Å². The first-order valence-electron chi connectivity index (χ1n) is 7.03. The van der Waals surface area contributed by atoms with E-state index in [4.69, 9.17) is 23.8 Å². The number of fused-ring (bicyclic) bond motifs is 1. The van der Waals surface area contributed by atoms with Crippen LogP contribution in [0.3, 0.4) is 0 Å². The SMILES string of the molecule is CC1CCCCC1Cn1c(=S)[nH]c2ccc(Cl)cc21. The van der Waals surface area contributed by atoms with Crippen LogP contribution >= 0.6 is 23.8 Å². The molecule has 2 nitrogen and oxygen atoms in total. The summed E-state index contributed by atoms with van der Waals surface area (Å²) in [5, 5.41) is 0.770. The Labute approximate surface area is 123 Å². The Kier molecular flexibility index (Phi) is 3.68. The molecule has 1 aromatic heterocycles. The maximum absolute atomic E-state index is 6.11. The molecule has 2 unspecified atom stereocenters. The second kappa shape index (κ2) is 5.29. The zero-order valence-electron chi connectivity index (χ0n) is 11.2. The second-order valence-corrected chi connectivity index (χ2v) is 6.55. The van der Waals surface area contributed by atoms with Gasteiger partial charge in [-0.25, -0.2) is 0 Å². The molecule has 4 heteroatoms. The van der Waals surface area contributed by atoms with Crippen molar-refractivity contribution < 1.29 is 0 Å². The van der Waals surface area contributed by atoms with E-state index in [9.17, 15) is 0 Å². The Balaban J connectivity index is 1.97. The van der Waals surface area contributed by atoms with Gasteiger partial charge in [-0.2, -0.15) is 0 Å². The fourth-order valence-electron chi connectivity index (χ4n) is 3.21. The van der Waals surface area contributed by atoms with Crippen molar-refractivity contribution in [3.63, 3.8) is 0 Å². The normalized spacial score (nSPS) is 23.9. The van der Waals surface area contributed by atoms with Gasteiger partial charge in [-0.3, -0.25) is 0 Å². The molecule has 1 N–H and O–H groups in total. The van der Waals surface area contributed by atoms with Crippen LogP contribution in [-0.4, -0.2) is 9.55 Å². The number of aromatic nitrogens is 2. The van der Waals surface area contributed by atoms with E-state index < -0.39 is 0 Å². The first-order chi connectivity index (χ1) is 9.15. The van der Waals surface area contributed by atoms with Crippen LogP contribution in [0.15, 0.2) is 18.2 Å². The van der Waals surface area contributed by atoms with E-state index in [1.54, 1.807) is 0 Å². The number of H-pyrrole nitrogens is 1. The van der Waals surface area contributed by atoms with Gasteiger partial charge < -0.3 is 9.55 Å². The van der Waals surface area contributed by atoms with Gasteiger partial charge in [-0.15, -0.1) is 0 Å². The molecule has 0 amide bonds. The van der Waals surface area contributed by atoms with Gasteiger partial charge in [0.05, 0.1) is 11.0 Å². The van der Waals surface area contributed by atoms with Crippen LogP contribution in [0.1, 0.15) is 32.6 Å². The third-order valence-electron chi connectivity index (χ3n) is 4.44. The third kappa shape index (κ3) is 2.59. The van der Waals surface area contributed by atoms with Crippen molar-refractivity contribution in [1.29, 1.82) is 0 Å². The van der Waals surface area contributed by atoms with Crippen LogP contribution in [0.2, 0.25) is 5.02 Å². The first-order valence-corrected chi connectivity index (χ1v) is 7.82. The lowest BCUT2D eigenvalue weighted by Crippen LogP contribution is -2.22. The number of halogens is 1. The Morgan fingerprint density at radius 2 is 2.16 bits per heavy atom. The molecule has 1 aliphatic rings. The number of hydrogen-bond acceptors (Lipinski definition) is 1. The summed E-state index contributed by atoms with van der Waals surface area (Å²) in [5.74, 6) is 1.53. The summed E-state index contributed by atoms with van der Waals surface area (Å²) in [6.45, 7) is 3.38. The number of nitrogens with zero attached hydrogens (tertiary/aromatic N) is 1. The van der Waals surface area contributed by atoms with E-state index in [2.05, 4.69) is 16.5 Å². The Hall–Kier alpha value is -0.800. The molecule has 0 aliphatic heterocycles.